The summed E-state index contributed by atoms with van der Waals surface area (Å²) in [5.74, 6) is 0. The van der Waals surface area contributed by atoms with Crippen molar-refractivity contribution in [1.82, 2.24) is 0 Å². The second kappa shape index (κ2) is 5.53. The smallest absolute Gasteiger partial charge is 0.258 e. The van der Waals surface area contributed by atoms with Gasteiger partial charge in [0, 0.05) is 6.07 Å². The van der Waals surface area contributed by atoms with E-state index < -0.39 is 36.0 Å². The summed E-state index contributed by atoms with van der Waals surface area (Å²) in [6.45, 7) is 1.77. The lowest BCUT2D eigenvalue weighted by molar-refractivity contribution is -0.396. The van der Waals surface area contributed by atoms with Crippen molar-refractivity contribution >= 4 is 21.2 Å². The van der Waals surface area contributed by atoms with Gasteiger partial charge in [-0.1, -0.05) is 17.7 Å². The fourth-order valence-electron chi connectivity index (χ4n) is 1.83. The summed E-state index contributed by atoms with van der Waals surface area (Å²) >= 11 is 0. The third kappa shape index (κ3) is 2.79. The Morgan fingerprint density at radius 2 is 1.50 bits per heavy atom. The van der Waals surface area contributed by atoms with Gasteiger partial charge in [-0.2, -0.15) is 0 Å². The highest BCUT2D eigenvalue weighted by Crippen LogP contribution is 2.32. The summed E-state index contributed by atoms with van der Waals surface area (Å²) in [5.41, 5.74) is -0.540. The molecular weight excluding hydrogens is 312 g/mol. The Morgan fingerprint density at radius 1 is 0.909 bits per heavy atom. The van der Waals surface area contributed by atoms with E-state index >= 15 is 0 Å². The molecule has 0 saturated heterocycles. The normalized spacial score (nSPS) is 11.1. The first-order valence-electron chi connectivity index (χ1n) is 5.98. The number of aryl methyl sites for hydroxylation is 1. The van der Waals surface area contributed by atoms with Crippen molar-refractivity contribution in [3.8, 4) is 0 Å². The molecule has 114 valence electrons. The molecule has 2 aromatic carbocycles. The Morgan fingerprint density at radius 3 is 2.00 bits per heavy atom. The molecule has 9 heteroatoms. The van der Waals surface area contributed by atoms with Gasteiger partial charge in [0.1, 0.15) is 4.90 Å². The highest BCUT2D eigenvalue weighted by Gasteiger charge is 2.29. The molecule has 8 nitrogen and oxygen atoms in total. The first kappa shape index (κ1) is 15.6. The van der Waals surface area contributed by atoms with Crippen LogP contribution in [-0.2, 0) is 9.84 Å². The molecule has 0 saturated carbocycles. The lowest BCUT2D eigenvalue weighted by Crippen LogP contribution is -2.06. The Hall–Kier alpha value is -2.81. The van der Waals surface area contributed by atoms with Crippen LogP contribution in [0.4, 0.5) is 11.4 Å². The molecule has 0 unspecified atom stereocenters. The van der Waals surface area contributed by atoms with Gasteiger partial charge < -0.3 is 0 Å². The molecule has 0 bridgehead atoms. The van der Waals surface area contributed by atoms with E-state index in [1.165, 1.54) is 12.1 Å². The number of hydrogen-bond donors (Lipinski definition) is 0. The average molecular weight is 322 g/mol. The lowest BCUT2D eigenvalue weighted by atomic mass is 10.2. The average Bonchev–Trinajstić information content (AvgIpc) is 2.46. The molecule has 0 N–H and O–H groups in total. The van der Waals surface area contributed by atoms with Gasteiger partial charge in [0.15, 0.2) is 0 Å². The zero-order valence-electron chi connectivity index (χ0n) is 11.3. The zero-order valence-corrected chi connectivity index (χ0v) is 12.1. The monoisotopic (exact) mass is 322 g/mol. The highest BCUT2D eigenvalue weighted by atomic mass is 32.2. The number of sulfone groups is 1. The van der Waals surface area contributed by atoms with E-state index in [4.69, 9.17) is 0 Å². The molecule has 2 rings (SSSR count). The van der Waals surface area contributed by atoms with E-state index in [1.54, 1.807) is 19.1 Å². The number of non-ortho nitro benzene ring substituents is 1. The number of nitrogens with zero attached hydrogens (tertiary/aromatic N) is 2. The van der Waals surface area contributed by atoms with Crippen molar-refractivity contribution in [2.24, 2.45) is 0 Å². The maximum Gasteiger partial charge on any atom is 0.295 e. The molecule has 0 atom stereocenters. The topological polar surface area (TPSA) is 120 Å². The van der Waals surface area contributed by atoms with Crippen molar-refractivity contribution in [3.05, 3.63) is 68.3 Å². The maximum absolute atomic E-state index is 12.5. The van der Waals surface area contributed by atoms with Crippen LogP contribution in [0.2, 0.25) is 0 Å². The lowest BCUT2D eigenvalue weighted by Gasteiger charge is -2.06. The van der Waals surface area contributed by atoms with E-state index in [9.17, 15) is 28.6 Å². The van der Waals surface area contributed by atoms with Crippen LogP contribution in [0.5, 0.6) is 0 Å². The molecule has 0 aliphatic carbocycles. The molecule has 0 aromatic heterocycles. The van der Waals surface area contributed by atoms with Crippen LogP contribution in [0, 0.1) is 27.2 Å². The van der Waals surface area contributed by atoms with Gasteiger partial charge in [0.25, 0.3) is 11.4 Å². The van der Waals surface area contributed by atoms with Gasteiger partial charge in [-0.3, -0.25) is 20.2 Å². The fourth-order valence-corrected chi connectivity index (χ4v) is 3.24. The van der Waals surface area contributed by atoms with E-state index in [2.05, 4.69) is 0 Å². The highest BCUT2D eigenvalue weighted by molar-refractivity contribution is 7.91. The SMILES string of the molecule is Cc1ccc(S(=O)(=O)c2ccc([N+](=O)[O-])cc2[N+](=O)[O-])cc1. The van der Waals surface area contributed by atoms with Crippen LogP contribution < -0.4 is 0 Å². The minimum Gasteiger partial charge on any atom is -0.258 e. The first-order chi connectivity index (χ1) is 10.2. The van der Waals surface area contributed by atoms with Gasteiger partial charge in [0.2, 0.25) is 9.84 Å². The minimum atomic E-state index is -4.14. The summed E-state index contributed by atoms with van der Waals surface area (Å²) in [4.78, 5) is 19.3. The number of benzene rings is 2. The fraction of sp³-hybridized carbons (Fsp3) is 0.0769. The molecule has 0 aliphatic rings. The second-order valence-electron chi connectivity index (χ2n) is 4.48. The number of hydrogen-bond acceptors (Lipinski definition) is 6. The number of rotatable bonds is 4. The standard InChI is InChI=1S/C13H10N2O6S/c1-9-2-5-11(6-3-9)22(20,21)13-7-4-10(14(16)17)8-12(13)15(18)19/h2-8H,1H3. The van der Waals surface area contributed by atoms with E-state index in [0.717, 1.165) is 17.7 Å². The molecule has 0 spiro atoms. The predicted molar refractivity (Wildman–Crippen MR) is 76.4 cm³/mol. The van der Waals surface area contributed by atoms with Crippen LogP contribution in [0.25, 0.3) is 0 Å². The summed E-state index contributed by atoms with van der Waals surface area (Å²) < 4.78 is 25.0. The third-order valence-electron chi connectivity index (χ3n) is 2.97. The molecule has 0 aliphatic heterocycles. The predicted octanol–water partition coefficient (Wildman–Crippen LogP) is 2.64. The van der Waals surface area contributed by atoms with Gasteiger partial charge in [-0.15, -0.1) is 0 Å². The quantitative estimate of drug-likeness (QED) is 0.630. The van der Waals surface area contributed by atoms with Gasteiger partial charge in [-0.25, -0.2) is 8.42 Å². The molecule has 0 heterocycles. The van der Waals surface area contributed by atoms with Crippen LogP contribution in [-0.4, -0.2) is 18.3 Å². The summed E-state index contributed by atoms with van der Waals surface area (Å²) in [5, 5.41) is 21.7. The Labute approximate surface area is 125 Å². The van der Waals surface area contributed by atoms with Gasteiger partial charge >= 0.3 is 0 Å². The molecule has 2 aromatic rings. The van der Waals surface area contributed by atoms with Crippen LogP contribution in [0.15, 0.2) is 52.3 Å². The summed E-state index contributed by atoms with van der Waals surface area (Å²) in [7, 11) is -4.14. The van der Waals surface area contributed by atoms with Crippen LogP contribution in [0.1, 0.15) is 5.56 Å². The van der Waals surface area contributed by atoms with Crippen molar-refractivity contribution in [1.29, 1.82) is 0 Å². The number of nitro groups is 2. The molecular formula is C13H10N2O6S. The van der Waals surface area contributed by atoms with E-state index in [-0.39, 0.29) is 4.90 Å². The third-order valence-corrected chi connectivity index (χ3v) is 4.79. The second-order valence-corrected chi connectivity index (χ2v) is 6.40. The molecule has 0 radical (unpaired) electrons. The van der Waals surface area contributed by atoms with Crippen LogP contribution >= 0.6 is 0 Å². The number of nitro benzene ring substituents is 2. The maximum atomic E-state index is 12.5. The van der Waals surface area contributed by atoms with Crippen molar-refractivity contribution < 1.29 is 18.3 Å². The Bertz CT molecular complexity index is 859. The first-order valence-corrected chi connectivity index (χ1v) is 7.46. The van der Waals surface area contributed by atoms with E-state index in [1.807, 2.05) is 0 Å². The summed E-state index contributed by atoms with van der Waals surface area (Å²) in [6.07, 6.45) is 0. The van der Waals surface area contributed by atoms with Crippen molar-refractivity contribution in [2.45, 2.75) is 16.7 Å². The van der Waals surface area contributed by atoms with Crippen molar-refractivity contribution in [3.63, 3.8) is 0 Å². The Balaban J connectivity index is 2.67. The summed E-state index contributed by atoms with van der Waals surface area (Å²) in [6, 6.07) is 8.22. The Kier molecular flexibility index (Phi) is 3.91. The van der Waals surface area contributed by atoms with E-state index in [0.29, 0.717) is 6.07 Å². The van der Waals surface area contributed by atoms with Crippen LogP contribution in [0.3, 0.4) is 0 Å². The molecule has 0 fully saturated rings. The molecule has 0 amide bonds. The van der Waals surface area contributed by atoms with Gasteiger partial charge in [-0.05, 0) is 25.1 Å². The zero-order chi connectivity index (χ0) is 16.5. The van der Waals surface area contributed by atoms with Crippen molar-refractivity contribution in [2.75, 3.05) is 0 Å². The minimum absolute atomic E-state index is 0.116. The van der Waals surface area contributed by atoms with Gasteiger partial charge in [0.05, 0.1) is 20.8 Å². The largest absolute Gasteiger partial charge is 0.295 e. The molecule has 22 heavy (non-hydrogen) atoms.